The van der Waals surface area contributed by atoms with E-state index in [1.165, 1.54) is 0 Å². The number of fused-ring (bicyclic) bond motifs is 1. The molecule has 2 aromatic heterocycles. The van der Waals surface area contributed by atoms with Crippen LogP contribution in [-0.4, -0.2) is 46.5 Å². The molecule has 4 aromatic rings. The van der Waals surface area contributed by atoms with Crippen molar-refractivity contribution < 1.29 is 13.7 Å². The second kappa shape index (κ2) is 17.0. The highest BCUT2D eigenvalue weighted by atomic mass is 35.5. The molecule has 10 heteroatoms. The molecule has 0 bridgehead atoms. The fourth-order valence-electron chi connectivity index (χ4n) is 3.72. The normalized spacial score (nSPS) is 13.4. The number of rotatable bonds is 8. The van der Waals surface area contributed by atoms with Crippen molar-refractivity contribution >= 4 is 56.8 Å². The first-order valence-corrected chi connectivity index (χ1v) is 15.4. The minimum Gasteiger partial charge on any atom is -0.382 e. The molecule has 3 heterocycles. The monoisotopic (exact) mass is 598 g/mol. The SMILES string of the molecule is C=C.CCCOCC.O=S(Nc1ccc(Cl)c(-c2nccc3ncccc23)c1)c1ccc(N2COCCS2)cc1. The van der Waals surface area contributed by atoms with Crippen LogP contribution in [-0.2, 0) is 20.5 Å². The number of halogens is 1. The number of hydrogen-bond donors (Lipinski definition) is 1. The van der Waals surface area contributed by atoms with Crippen molar-refractivity contribution in [3.63, 3.8) is 0 Å². The van der Waals surface area contributed by atoms with Crippen molar-refractivity contribution in [2.45, 2.75) is 25.2 Å². The summed E-state index contributed by atoms with van der Waals surface area (Å²) in [7, 11) is -1.43. The zero-order valence-corrected chi connectivity index (χ0v) is 25.2. The molecule has 2 aromatic carbocycles. The molecule has 1 atom stereocenters. The van der Waals surface area contributed by atoms with Crippen molar-refractivity contribution in [3.05, 3.63) is 91.2 Å². The smallest absolute Gasteiger partial charge is 0.150 e. The van der Waals surface area contributed by atoms with Gasteiger partial charge in [-0.15, -0.1) is 13.2 Å². The molecular weight excluding hydrogens is 564 g/mol. The molecule has 1 N–H and O–H groups in total. The molecule has 212 valence electrons. The van der Waals surface area contributed by atoms with E-state index >= 15 is 0 Å². The first kappa shape index (κ1) is 31.6. The summed E-state index contributed by atoms with van der Waals surface area (Å²) in [6.07, 6.45) is 4.59. The van der Waals surface area contributed by atoms with Gasteiger partial charge in [-0.25, -0.2) is 4.21 Å². The third kappa shape index (κ3) is 8.78. The first-order chi connectivity index (χ1) is 19.6. The molecule has 1 fully saturated rings. The molecule has 40 heavy (non-hydrogen) atoms. The van der Waals surface area contributed by atoms with Crippen LogP contribution >= 0.6 is 23.5 Å². The van der Waals surface area contributed by atoms with Gasteiger partial charge in [0.1, 0.15) is 17.7 Å². The summed E-state index contributed by atoms with van der Waals surface area (Å²) in [5.41, 5.74) is 4.05. The minimum absolute atomic E-state index is 0.552. The molecule has 1 saturated heterocycles. The molecule has 0 aliphatic carbocycles. The molecular formula is C30H35ClN4O3S2. The van der Waals surface area contributed by atoms with E-state index in [9.17, 15) is 4.21 Å². The minimum atomic E-state index is -1.43. The Morgan fingerprint density at radius 1 is 1.10 bits per heavy atom. The van der Waals surface area contributed by atoms with Crippen LogP contribution in [0.15, 0.2) is 91.1 Å². The predicted octanol–water partition coefficient (Wildman–Crippen LogP) is 7.76. The topological polar surface area (TPSA) is 76.6 Å². The summed E-state index contributed by atoms with van der Waals surface area (Å²) in [5, 5.41) is 1.47. The van der Waals surface area contributed by atoms with Crippen LogP contribution in [0.2, 0.25) is 5.02 Å². The summed E-state index contributed by atoms with van der Waals surface area (Å²) >= 11 is 8.22. The molecule has 1 aliphatic heterocycles. The molecule has 0 saturated carbocycles. The van der Waals surface area contributed by atoms with Crippen LogP contribution in [0.5, 0.6) is 0 Å². The second-order valence-electron chi connectivity index (χ2n) is 8.23. The lowest BCUT2D eigenvalue weighted by Crippen LogP contribution is -2.25. The van der Waals surface area contributed by atoms with E-state index in [4.69, 9.17) is 21.1 Å². The Morgan fingerprint density at radius 3 is 2.58 bits per heavy atom. The summed E-state index contributed by atoms with van der Waals surface area (Å²) < 4.78 is 28.6. The Hall–Kier alpha value is -2.95. The summed E-state index contributed by atoms with van der Waals surface area (Å²) in [4.78, 5) is 9.59. The van der Waals surface area contributed by atoms with Gasteiger partial charge in [-0.1, -0.05) is 18.5 Å². The number of benzene rings is 2. The summed E-state index contributed by atoms with van der Waals surface area (Å²) in [5.74, 6) is 0.926. The van der Waals surface area contributed by atoms with Gasteiger partial charge in [-0.3, -0.25) is 14.3 Å². The van der Waals surface area contributed by atoms with E-state index in [0.29, 0.717) is 22.3 Å². The van der Waals surface area contributed by atoms with E-state index in [2.05, 4.69) is 39.1 Å². The fourth-order valence-corrected chi connectivity index (χ4v) is 5.60. The van der Waals surface area contributed by atoms with E-state index in [1.807, 2.05) is 61.5 Å². The van der Waals surface area contributed by atoms with Crippen molar-refractivity contribution in [1.82, 2.24) is 9.97 Å². The van der Waals surface area contributed by atoms with Crippen molar-refractivity contribution in [3.8, 4) is 11.3 Å². The lowest BCUT2D eigenvalue weighted by Gasteiger charge is -2.27. The maximum Gasteiger partial charge on any atom is 0.150 e. The zero-order valence-electron chi connectivity index (χ0n) is 22.8. The molecule has 7 nitrogen and oxygen atoms in total. The van der Waals surface area contributed by atoms with Gasteiger partial charge in [-0.2, -0.15) is 0 Å². The molecule has 1 unspecified atom stereocenters. The first-order valence-electron chi connectivity index (χ1n) is 12.9. The standard InChI is InChI=1S/C23H19ClN4O2S2.C5H12O.C2H4/c24-21-8-3-16(14-20(21)23-19-2-1-10-25-22(19)9-11-26-23)27-32(29)18-6-4-17(5-7-18)28-15-30-12-13-31-28;1-3-5-6-4-2;1-2/h1-11,14,27H,12-13,15H2;3-5H2,1-2H3;1-2H2. The summed E-state index contributed by atoms with van der Waals surface area (Å²) in [6.45, 7) is 13.2. The highest BCUT2D eigenvalue weighted by Crippen LogP contribution is 2.34. The van der Waals surface area contributed by atoms with Gasteiger partial charge in [0.15, 0.2) is 0 Å². The quantitative estimate of drug-likeness (QED) is 0.126. The van der Waals surface area contributed by atoms with Crippen molar-refractivity contribution in [1.29, 1.82) is 0 Å². The van der Waals surface area contributed by atoms with Gasteiger partial charge in [0, 0.05) is 53.7 Å². The average molecular weight is 599 g/mol. The van der Waals surface area contributed by atoms with Gasteiger partial charge < -0.3 is 14.2 Å². The third-order valence-electron chi connectivity index (χ3n) is 5.54. The molecule has 5 rings (SSSR count). The zero-order chi connectivity index (χ0) is 28.7. The maximum absolute atomic E-state index is 12.9. The highest BCUT2D eigenvalue weighted by molar-refractivity contribution is 8.00. The number of aromatic nitrogens is 2. The Kier molecular flexibility index (Phi) is 13.4. The van der Waals surface area contributed by atoms with E-state index < -0.39 is 11.0 Å². The maximum atomic E-state index is 12.9. The Morgan fingerprint density at radius 2 is 1.90 bits per heavy atom. The van der Waals surface area contributed by atoms with Gasteiger partial charge in [-0.05, 0) is 86.0 Å². The predicted molar refractivity (Wildman–Crippen MR) is 170 cm³/mol. The van der Waals surface area contributed by atoms with Crippen molar-refractivity contribution in [2.24, 2.45) is 0 Å². The highest BCUT2D eigenvalue weighted by Gasteiger charge is 2.14. The lowest BCUT2D eigenvalue weighted by atomic mass is 10.1. The fraction of sp³-hybridized carbons (Fsp3) is 0.267. The van der Waals surface area contributed by atoms with Crippen LogP contribution in [0.25, 0.3) is 22.2 Å². The van der Waals surface area contributed by atoms with Crippen molar-refractivity contribution in [2.75, 3.05) is 41.3 Å². The number of pyridine rings is 2. The van der Waals surface area contributed by atoms with Gasteiger partial charge >= 0.3 is 0 Å². The Bertz CT molecular complexity index is 1360. The second-order valence-corrected chi connectivity index (χ2v) is 11.0. The number of nitrogens with one attached hydrogen (secondary N) is 1. The summed E-state index contributed by atoms with van der Waals surface area (Å²) in [6, 6.07) is 18.8. The average Bonchev–Trinajstić information content (AvgIpc) is 3.02. The Balaban J connectivity index is 0.000000491. The largest absolute Gasteiger partial charge is 0.382 e. The number of ether oxygens (including phenoxy) is 2. The van der Waals surface area contributed by atoms with E-state index in [1.54, 1.807) is 30.4 Å². The van der Waals surface area contributed by atoms with Crippen LogP contribution in [0.3, 0.4) is 0 Å². The van der Waals surface area contributed by atoms with Crippen LogP contribution in [0.4, 0.5) is 11.4 Å². The van der Waals surface area contributed by atoms with Gasteiger partial charge in [0.05, 0.1) is 27.7 Å². The number of anilines is 2. The molecule has 0 radical (unpaired) electrons. The van der Waals surface area contributed by atoms with Crippen LogP contribution in [0, 0.1) is 0 Å². The Labute approximate surface area is 248 Å². The number of nitrogens with zero attached hydrogens (tertiary/aromatic N) is 3. The van der Waals surface area contributed by atoms with Crippen LogP contribution in [0.1, 0.15) is 20.3 Å². The van der Waals surface area contributed by atoms with Gasteiger partial charge in [0.2, 0.25) is 0 Å². The molecule has 1 aliphatic rings. The van der Waals surface area contributed by atoms with Gasteiger partial charge in [0.25, 0.3) is 0 Å². The molecule has 0 amide bonds. The number of hydrogen-bond acceptors (Lipinski definition) is 7. The third-order valence-corrected chi connectivity index (χ3v) is 7.96. The molecule has 0 spiro atoms. The van der Waals surface area contributed by atoms with E-state index in [-0.39, 0.29) is 0 Å². The van der Waals surface area contributed by atoms with E-state index in [0.717, 1.165) is 59.8 Å². The lowest BCUT2D eigenvalue weighted by molar-refractivity contribution is 0.148. The van der Waals surface area contributed by atoms with Crippen LogP contribution < -0.4 is 9.03 Å².